The normalized spacial score (nSPS) is 7.25. The third-order valence-corrected chi connectivity index (χ3v) is 0. The van der Waals surface area contributed by atoms with Gasteiger partial charge in [-0.3, -0.25) is 0 Å². The van der Waals surface area contributed by atoms with E-state index >= 15 is 0 Å². The molecule has 0 aliphatic heterocycles. The van der Waals surface area contributed by atoms with Gasteiger partial charge in [-0.25, -0.2) is 0 Å². The molecule has 0 saturated carbocycles. The second-order valence-electron chi connectivity index (χ2n) is 0.415. The molecular weight excluding hydrogens is 264 g/mol. The Morgan fingerprint density at radius 2 is 1.12 bits per heavy atom. The van der Waals surface area contributed by atoms with E-state index in [2.05, 4.69) is 0 Å². The summed E-state index contributed by atoms with van der Waals surface area (Å²) in [4.78, 5) is 0. The molecule has 2 N–H and O–H groups in total. The molecule has 0 rings (SSSR count). The topological polar surface area (TPSA) is 74.6 Å². The van der Waals surface area contributed by atoms with E-state index in [-0.39, 0.29) is 50.6 Å². The van der Waals surface area contributed by atoms with Crippen molar-refractivity contribution in [3.63, 3.8) is 0 Å². The van der Waals surface area contributed by atoms with Crippen LogP contribution < -0.4 is 0 Å². The summed E-state index contributed by atoms with van der Waals surface area (Å²) >= 11 is -5.12. The van der Waals surface area contributed by atoms with E-state index in [0.29, 0.717) is 0 Å². The van der Waals surface area contributed by atoms with Crippen molar-refractivity contribution >= 4 is 17.4 Å². The first-order valence-corrected chi connectivity index (χ1v) is 2.67. The van der Waals surface area contributed by atoms with Gasteiger partial charge in [0, 0.05) is 33.3 Å². The molecular formula is H5AlCoMnNiO4. The fourth-order valence-corrected chi connectivity index (χ4v) is 0. The third-order valence-electron chi connectivity index (χ3n) is 0. The van der Waals surface area contributed by atoms with Crippen LogP contribution in [0.4, 0.5) is 0 Å². The Hall–Kier alpha value is 1.57. The summed E-state index contributed by atoms with van der Waals surface area (Å²) in [6, 6.07) is 0. The molecule has 0 fully saturated rings. The first-order chi connectivity index (χ1) is 2.00. The van der Waals surface area contributed by atoms with Gasteiger partial charge in [0.25, 0.3) is 0 Å². The first kappa shape index (κ1) is 22.7. The van der Waals surface area contributed by atoms with Crippen molar-refractivity contribution in [3.05, 3.63) is 0 Å². The van der Waals surface area contributed by atoms with E-state index in [1.165, 1.54) is 0 Å². The summed E-state index contributed by atoms with van der Waals surface area (Å²) in [5, 5.41) is 0. The van der Waals surface area contributed by atoms with Gasteiger partial charge in [-0.15, -0.1) is 0 Å². The van der Waals surface area contributed by atoms with Crippen molar-refractivity contribution in [3.8, 4) is 0 Å². The van der Waals surface area contributed by atoms with Crippen LogP contribution in [0.25, 0.3) is 0 Å². The molecule has 0 aromatic heterocycles. The van der Waals surface area contributed by atoms with Crippen LogP contribution >= 0.6 is 0 Å². The van der Waals surface area contributed by atoms with Crippen LogP contribution in [0, 0.1) is 0 Å². The van der Waals surface area contributed by atoms with Crippen molar-refractivity contribution in [2.45, 2.75) is 0 Å². The quantitative estimate of drug-likeness (QED) is 0.475. The number of hydrogen-bond acceptors (Lipinski definition) is 2. The molecule has 0 aliphatic carbocycles. The molecule has 0 heterocycles. The Kier molecular flexibility index (Phi) is 24.3. The van der Waals surface area contributed by atoms with Gasteiger partial charge in [0.2, 0.25) is 0 Å². The minimum atomic E-state index is -5.12. The van der Waals surface area contributed by atoms with Crippen LogP contribution in [0.2, 0.25) is 0 Å². The number of hydrogen-bond donors (Lipinski definition) is 2. The molecule has 0 saturated heterocycles. The Balaban J connectivity index is -0.0000000267. The molecule has 0 aliphatic rings. The molecule has 58 valence electrons. The number of rotatable bonds is 0. The Morgan fingerprint density at radius 3 is 1.12 bits per heavy atom. The molecule has 0 amide bonds. The Labute approximate surface area is 79.6 Å². The van der Waals surface area contributed by atoms with Gasteiger partial charge in [-0.2, -0.15) is 0 Å². The summed E-state index contributed by atoms with van der Waals surface area (Å²) in [5.74, 6) is 0. The molecule has 0 aromatic carbocycles. The van der Waals surface area contributed by atoms with Gasteiger partial charge >= 0.3 is 29.4 Å². The zero-order valence-corrected chi connectivity index (χ0v) is 5.95. The van der Waals surface area contributed by atoms with E-state index in [1.807, 2.05) is 0 Å². The molecule has 8 heavy (non-hydrogen) atoms. The first-order valence-electron chi connectivity index (χ1n) is 0.647. The minimum absolute atomic E-state index is 0. The van der Waals surface area contributed by atoms with Crippen molar-refractivity contribution in [2.75, 3.05) is 0 Å². The molecule has 0 bridgehead atoms. The summed E-state index contributed by atoms with van der Waals surface area (Å²) in [7, 11) is 0. The zero-order chi connectivity index (χ0) is 4.50. The zero-order valence-electron chi connectivity index (χ0n) is 2.74. The van der Waals surface area contributed by atoms with Crippen LogP contribution in [-0.2, 0) is 54.3 Å². The van der Waals surface area contributed by atoms with Crippen LogP contribution in [0.1, 0.15) is 0 Å². The van der Waals surface area contributed by atoms with Crippen molar-refractivity contribution in [1.82, 2.24) is 0 Å². The second kappa shape index (κ2) is 8.57. The van der Waals surface area contributed by atoms with E-state index < -0.39 is 13.4 Å². The van der Waals surface area contributed by atoms with E-state index in [0.717, 1.165) is 0 Å². The Bertz CT molecular complexity index is 99.2. The van der Waals surface area contributed by atoms with Crippen LogP contribution in [0.15, 0.2) is 0 Å². The van der Waals surface area contributed by atoms with Gasteiger partial charge in [-0.05, 0) is 0 Å². The molecule has 0 spiro atoms. The predicted octanol–water partition coefficient (Wildman–Crippen LogP) is -2.54. The summed E-state index contributed by atoms with van der Waals surface area (Å²) in [6.45, 7) is 0. The molecule has 0 unspecified atom stereocenters. The van der Waals surface area contributed by atoms with Crippen molar-refractivity contribution in [2.24, 2.45) is 0 Å². The fraction of sp³-hybridized carbons (Fsp3) is 0. The average Bonchev–Trinajstić information content (AvgIpc) is 0.722. The SMILES string of the molecule is [AlH3].[Co].[Ni].[O]=[Mn](=[O])([OH])[OH]. The van der Waals surface area contributed by atoms with Crippen LogP contribution in [0.3, 0.4) is 0 Å². The fourth-order valence-electron chi connectivity index (χ4n) is 0. The Morgan fingerprint density at radius 1 is 1.12 bits per heavy atom. The molecule has 1 radical (unpaired) electrons. The van der Waals surface area contributed by atoms with Crippen molar-refractivity contribution in [1.29, 1.82) is 0 Å². The standard InChI is InChI=1S/Al.Co.Mn.Ni.2H2O.2O.3H/h;;;;2*1H2;;;;;/q;;+2;;;;;;;;/p-2. The van der Waals surface area contributed by atoms with Gasteiger partial charge in [0.05, 0.1) is 0 Å². The predicted molar refractivity (Wildman–Crippen MR) is 15.7 cm³/mol. The maximum atomic E-state index is 8.80. The van der Waals surface area contributed by atoms with Gasteiger partial charge in [0.15, 0.2) is 17.4 Å². The summed E-state index contributed by atoms with van der Waals surface area (Å²) < 4.78 is 31.8. The monoisotopic (exact) mass is 268 g/mol. The van der Waals surface area contributed by atoms with Gasteiger partial charge in [0.1, 0.15) is 0 Å². The van der Waals surface area contributed by atoms with Gasteiger partial charge in [-0.1, -0.05) is 0 Å². The van der Waals surface area contributed by atoms with Crippen LogP contribution in [-0.4, -0.2) is 25.7 Å². The second-order valence-corrected chi connectivity index (χ2v) is 1.71. The van der Waals surface area contributed by atoms with E-state index in [1.54, 1.807) is 0 Å². The third kappa shape index (κ3) is 132. The van der Waals surface area contributed by atoms with Crippen molar-refractivity contribution < 1.29 is 62.7 Å². The summed E-state index contributed by atoms with van der Waals surface area (Å²) in [5.41, 5.74) is 0. The molecule has 0 atom stereocenters. The average molecular weight is 269 g/mol. The van der Waals surface area contributed by atoms with Gasteiger partial charge < -0.3 is 0 Å². The van der Waals surface area contributed by atoms with Crippen LogP contribution in [0.5, 0.6) is 0 Å². The van der Waals surface area contributed by atoms with E-state index in [4.69, 9.17) is 16.0 Å². The maximum absolute atomic E-state index is 8.80. The molecule has 0 aromatic rings. The molecule has 4 nitrogen and oxygen atoms in total. The molecule has 8 heteroatoms. The van der Waals surface area contributed by atoms with E-state index in [9.17, 15) is 0 Å². The summed E-state index contributed by atoms with van der Waals surface area (Å²) in [6.07, 6.45) is 0.